The van der Waals surface area contributed by atoms with Crippen molar-refractivity contribution < 1.29 is 23.1 Å². The summed E-state index contributed by atoms with van der Waals surface area (Å²) in [5.74, 6) is -0.947. The lowest BCUT2D eigenvalue weighted by Gasteiger charge is -2.33. The Bertz CT molecular complexity index is 1090. The molecule has 198 valence electrons. The summed E-state index contributed by atoms with van der Waals surface area (Å²) in [4.78, 5) is 26.0. The SMILES string of the molecule is CC(C)C[C@H](NC(=O)c1cccc2c1CCNC2)C(=O)NCCCNS(O)(O)c1ccc(F)cc1Cl. The first-order valence-corrected chi connectivity index (χ1v) is 13.9. The lowest BCUT2D eigenvalue weighted by Crippen LogP contribution is -2.48. The van der Waals surface area contributed by atoms with Crippen LogP contribution < -0.4 is 20.7 Å². The van der Waals surface area contributed by atoms with Crippen LogP contribution in [0.25, 0.3) is 0 Å². The minimum absolute atomic E-state index is 0.00759. The molecule has 1 atom stereocenters. The highest BCUT2D eigenvalue weighted by Gasteiger charge is 2.25. The fourth-order valence-electron chi connectivity index (χ4n) is 4.11. The number of hydrogen-bond donors (Lipinski definition) is 6. The molecular formula is C25H34ClFN4O4S. The normalized spacial score (nSPS) is 14.8. The Morgan fingerprint density at radius 3 is 2.69 bits per heavy atom. The van der Waals surface area contributed by atoms with Gasteiger partial charge in [-0.25, -0.2) is 9.11 Å². The summed E-state index contributed by atoms with van der Waals surface area (Å²) in [7, 11) is -3.42. The van der Waals surface area contributed by atoms with Crippen molar-refractivity contribution in [1.29, 1.82) is 0 Å². The molecule has 0 aliphatic carbocycles. The number of nitrogens with one attached hydrogen (secondary N) is 4. The van der Waals surface area contributed by atoms with Crippen molar-refractivity contribution in [1.82, 2.24) is 20.7 Å². The molecule has 0 fully saturated rings. The summed E-state index contributed by atoms with van der Waals surface area (Å²) in [6, 6.07) is 8.30. The largest absolute Gasteiger partial charge is 0.354 e. The standard InChI is InChI=1S/C25H34ClFN4O4S/c1-16(2)13-22(31-24(32)20-6-3-5-17-15-28-12-9-19(17)20)25(33)29-10-4-11-30-36(34,35)23-8-7-18(27)14-21(23)26/h3,5-8,14,16,22,28,30,34-35H,4,9-13,15H2,1-2H3,(H,29,33)(H,31,32)/t22-/m0/s1. The maximum atomic E-state index is 13.2. The van der Waals surface area contributed by atoms with Crippen LogP contribution in [0.4, 0.5) is 4.39 Å². The second kappa shape index (κ2) is 12.8. The zero-order valence-electron chi connectivity index (χ0n) is 20.4. The van der Waals surface area contributed by atoms with Crippen LogP contribution in [-0.4, -0.2) is 46.6 Å². The van der Waals surface area contributed by atoms with Crippen molar-refractivity contribution in [3.63, 3.8) is 0 Å². The first-order chi connectivity index (χ1) is 17.1. The average Bonchev–Trinajstić information content (AvgIpc) is 2.82. The van der Waals surface area contributed by atoms with Crippen molar-refractivity contribution >= 4 is 34.2 Å². The summed E-state index contributed by atoms with van der Waals surface area (Å²) < 4.78 is 36.5. The van der Waals surface area contributed by atoms with Gasteiger partial charge < -0.3 is 16.0 Å². The second-order valence-electron chi connectivity index (χ2n) is 9.19. The number of fused-ring (bicyclic) bond motifs is 1. The third kappa shape index (κ3) is 7.64. The number of carbonyl (C=O) groups is 2. The van der Waals surface area contributed by atoms with Gasteiger partial charge in [0.1, 0.15) is 11.9 Å². The fourth-order valence-corrected chi connectivity index (χ4v) is 5.77. The molecule has 1 aliphatic heterocycles. The first-order valence-electron chi connectivity index (χ1n) is 12.0. The van der Waals surface area contributed by atoms with E-state index in [0.717, 1.165) is 42.8 Å². The van der Waals surface area contributed by atoms with Gasteiger partial charge in [-0.1, -0.05) is 37.6 Å². The predicted molar refractivity (Wildman–Crippen MR) is 141 cm³/mol. The highest BCUT2D eigenvalue weighted by Crippen LogP contribution is 2.47. The number of halogens is 2. The van der Waals surface area contributed by atoms with Crippen molar-refractivity contribution in [2.24, 2.45) is 5.92 Å². The molecule has 2 amide bonds. The van der Waals surface area contributed by atoms with Gasteiger partial charge in [0.25, 0.3) is 5.91 Å². The first kappa shape index (κ1) is 28.4. The molecule has 2 aromatic rings. The average molecular weight is 541 g/mol. The maximum Gasteiger partial charge on any atom is 0.252 e. The Morgan fingerprint density at radius 2 is 1.97 bits per heavy atom. The molecule has 0 unspecified atom stereocenters. The number of hydrogen-bond acceptors (Lipinski definition) is 6. The van der Waals surface area contributed by atoms with E-state index in [2.05, 4.69) is 20.7 Å². The van der Waals surface area contributed by atoms with Gasteiger partial charge in [0.05, 0.1) is 9.92 Å². The van der Waals surface area contributed by atoms with E-state index in [1.54, 1.807) is 6.07 Å². The van der Waals surface area contributed by atoms with Gasteiger partial charge >= 0.3 is 0 Å². The summed E-state index contributed by atoms with van der Waals surface area (Å²) >= 11 is 5.92. The van der Waals surface area contributed by atoms with Gasteiger partial charge in [-0.2, -0.15) is 0 Å². The van der Waals surface area contributed by atoms with Crippen LogP contribution >= 0.6 is 22.4 Å². The van der Waals surface area contributed by atoms with Crippen molar-refractivity contribution in [3.8, 4) is 0 Å². The Balaban J connectivity index is 1.53. The van der Waals surface area contributed by atoms with Gasteiger partial charge in [-0.3, -0.25) is 18.7 Å². The third-order valence-corrected chi connectivity index (χ3v) is 7.87. The molecule has 0 radical (unpaired) electrons. The van der Waals surface area contributed by atoms with Crippen LogP contribution in [0, 0.1) is 11.7 Å². The Kier molecular flexibility index (Phi) is 10.1. The van der Waals surface area contributed by atoms with Crippen LogP contribution in [0.1, 0.15) is 48.2 Å². The van der Waals surface area contributed by atoms with Crippen molar-refractivity contribution in [2.45, 2.75) is 50.6 Å². The van der Waals surface area contributed by atoms with Gasteiger partial charge in [0.2, 0.25) is 5.91 Å². The monoisotopic (exact) mass is 540 g/mol. The third-order valence-electron chi connectivity index (χ3n) is 5.87. The molecule has 6 N–H and O–H groups in total. The lowest BCUT2D eigenvalue weighted by molar-refractivity contribution is -0.123. The van der Waals surface area contributed by atoms with Crippen LogP contribution in [0.3, 0.4) is 0 Å². The Morgan fingerprint density at radius 1 is 1.19 bits per heavy atom. The smallest absolute Gasteiger partial charge is 0.252 e. The number of benzene rings is 2. The second-order valence-corrected chi connectivity index (χ2v) is 11.4. The molecule has 0 bridgehead atoms. The van der Waals surface area contributed by atoms with E-state index in [0.29, 0.717) is 18.4 Å². The van der Waals surface area contributed by atoms with E-state index in [4.69, 9.17) is 11.6 Å². The van der Waals surface area contributed by atoms with E-state index >= 15 is 0 Å². The lowest BCUT2D eigenvalue weighted by atomic mass is 9.94. The molecule has 11 heteroatoms. The van der Waals surface area contributed by atoms with Gasteiger partial charge in [0.15, 0.2) is 0 Å². The highest BCUT2D eigenvalue weighted by molar-refractivity contribution is 8.22. The molecule has 0 aromatic heterocycles. The van der Waals surface area contributed by atoms with E-state index in [1.807, 2.05) is 26.0 Å². The number of amides is 2. The fraction of sp³-hybridized carbons (Fsp3) is 0.440. The summed E-state index contributed by atoms with van der Waals surface area (Å²) in [6.45, 7) is 5.92. The van der Waals surface area contributed by atoms with Crippen LogP contribution in [-0.2, 0) is 17.8 Å². The number of carbonyl (C=O) groups excluding carboxylic acids is 2. The predicted octanol–water partition coefficient (Wildman–Crippen LogP) is 4.09. The van der Waals surface area contributed by atoms with Gasteiger partial charge in [0, 0.05) is 25.2 Å². The van der Waals surface area contributed by atoms with Gasteiger partial charge in [-0.15, -0.1) is 10.8 Å². The van der Waals surface area contributed by atoms with E-state index in [1.165, 1.54) is 6.07 Å². The van der Waals surface area contributed by atoms with E-state index in [9.17, 15) is 23.1 Å². The van der Waals surface area contributed by atoms with Gasteiger partial charge in [-0.05, 0) is 67.1 Å². The Hall–Kier alpha value is -2.21. The molecule has 3 rings (SSSR count). The quantitative estimate of drug-likeness (QED) is 0.239. The summed E-state index contributed by atoms with van der Waals surface area (Å²) in [6.07, 6.45) is 1.63. The van der Waals surface area contributed by atoms with Crippen LogP contribution in [0.2, 0.25) is 5.02 Å². The van der Waals surface area contributed by atoms with Crippen molar-refractivity contribution in [2.75, 3.05) is 19.6 Å². The summed E-state index contributed by atoms with van der Waals surface area (Å²) in [5, 5.41) is 8.94. The summed E-state index contributed by atoms with van der Waals surface area (Å²) in [5.41, 5.74) is 2.72. The molecule has 2 aromatic carbocycles. The molecule has 0 spiro atoms. The molecule has 1 aliphatic rings. The molecule has 0 saturated carbocycles. The Labute approximate surface area is 217 Å². The molecular weight excluding hydrogens is 507 g/mol. The minimum atomic E-state index is -3.42. The van der Waals surface area contributed by atoms with E-state index in [-0.39, 0.29) is 40.7 Å². The molecule has 0 saturated heterocycles. The molecule has 36 heavy (non-hydrogen) atoms. The molecule has 8 nitrogen and oxygen atoms in total. The van der Waals surface area contributed by atoms with Crippen molar-refractivity contribution in [3.05, 3.63) is 63.9 Å². The highest BCUT2D eigenvalue weighted by atomic mass is 35.5. The topological polar surface area (TPSA) is 123 Å². The minimum Gasteiger partial charge on any atom is -0.354 e. The number of rotatable bonds is 11. The van der Waals surface area contributed by atoms with Crippen LogP contribution in [0.5, 0.6) is 0 Å². The zero-order valence-corrected chi connectivity index (χ0v) is 22.0. The molecule has 1 heterocycles. The van der Waals surface area contributed by atoms with E-state index < -0.39 is 22.6 Å². The van der Waals surface area contributed by atoms with Crippen LogP contribution in [0.15, 0.2) is 41.3 Å². The maximum absolute atomic E-state index is 13.2. The zero-order chi connectivity index (χ0) is 26.3.